The first-order chi connectivity index (χ1) is 13.7. The number of carbonyl (C=O) groups is 2. The van der Waals surface area contributed by atoms with E-state index in [0.717, 1.165) is 19.4 Å². The minimum atomic E-state index is -0.0209. The van der Waals surface area contributed by atoms with Crippen LogP contribution in [-0.2, 0) is 4.79 Å². The predicted octanol–water partition coefficient (Wildman–Crippen LogP) is 1.91. The first-order valence-corrected chi connectivity index (χ1v) is 9.68. The van der Waals surface area contributed by atoms with E-state index in [4.69, 9.17) is 4.74 Å². The van der Waals surface area contributed by atoms with E-state index in [9.17, 15) is 9.59 Å². The third kappa shape index (κ3) is 4.14. The van der Waals surface area contributed by atoms with Gasteiger partial charge in [0, 0.05) is 50.2 Å². The van der Waals surface area contributed by atoms with Gasteiger partial charge in [0.05, 0.1) is 6.54 Å². The Balaban J connectivity index is 1.45. The Labute approximate surface area is 164 Å². The number of hydrogen-bond acceptors (Lipinski definition) is 5. The zero-order valence-corrected chi connectivity index (χ0v) is 15.7. The molecule has 0 saturated carbocycles. The summed E-state index contributed by atoms with van der Waals surface area (Å²) in [5.74, 6) is 1.39. The first kappa shape index (κ1) is 18.4. The molecule has 1 unspecified atom stereocenters. The van der Waals surface area contributed by atoms with Gasteiger partial charge in [-0.05, 0) is 43.2 Å². The summed E-state index contributed by atoms with van der Waals surface area (Å²) in [6.45, 7) is 3.20. The fourth-order valence-corrected chi connectivity index (χ4v) is 3.82. The molecule has 0 spiro atoms. The maximum Gasteiger partial charge on any atom is 0.254 e. The van der Waals surface area contributed by atoms with Crippen LogP contribution < -0.4 is 10.1 Å². The van der Waals surface area contributed by atoms with Crippen LogP contribution in [0.15, 0.2) is 48.8 Å². The Morgan fingerprint density at radius 3 is 2.82 bits per heavy atom. The highest BCUT2D eigenvalue weighted by Crippen LogP contribution is 2.24. The molecule has 2 saturated heterocycles. The molecule has 2 aromatic rings. The number of amides is 2. The zero-order valence-electron chi connectivity index (χ0n) is 15.7. The minimum absolute atomic E-state index is 0.0209. The smallest absolute Gasteiger partial charge is 0.254 e. The van der Waals surface area contributed by atoms with Crippen molar-refractivity contribution in [2.24, 2.45) is 0 Å². The number of piperidine rings is 1. The number of nitrogens with one attached hydrogen (secondary N) is 1. The minimum Gasteiger partial charge on any atom is -0.457 e. The topological polar surface area (TPSA) is 74.8 Å². The number of rotatable bonds is 4. The van der Waals surface area contributed by atoms with E-state index >= 15 is 0 Å². The fourth-order valence-electron chi connectivity index (χ4n) is 3.82. The van der Waals surface area contributed by atoms with E-state index in [1.165, 1.54) is 0 Å². The van der Waals surface area contributed by atoms with Crippen molar-refractivity contribution in [3.05, 3.63) is 54.4 Å². The average Bonchev–Trinajstić information content (AvgIpc) is 2.74. The molecule has 28 heavy (non-hydrogen) atoms. The summed E-state index contributed by atoms with van der Waals surface area (Å²) in [6, 6.07) is 10.9. The van der Waals surface area contributed by atoms with Gasteiger partial charge in [0.2, 0.25) is 5.91 Å². The van der Waals surface area contributed by atoms with Crippen LogP contribution in [0.5, 0.6) is 11.5 Å². The summed E-state index contributed by atoms with van der Waals surface area (Å²) in [6.07, 6.45) is 5.17. The highest BCUT2D eigenvalue weighted by molar-refractivity contribution is 5.94. The van der Waals surface area contributed by atoms with Crippen molar-refractivity contribution in [3.63, 3.8) is 0 Å². The molecule has 4 rings (SSSR count). The monoisotopic (exact) mass is 380 g/mol. The molecule has 1 atom stereocenters. The summed E-state index contributed by atoms with van der Waals surface area (Å²) in [4.78, 5) is 33.0. The van der Waals surface area contributed by atoms with E-state index in [1.54, 1.807) is 36.7 Å². The number of carbonyl (C=O) groups excluding carboxylic acids is 2. The van der Waals surface area contributed by atoms with Gasteiger partial charge in [-0.1, -0.05) is 6.07 Å². The number of nitrogens with zero attached hydrogens (tertiary/aromatic N) is 3. The molecule has 0 aliphatic carbocycles. The quantitative estimate of drug-likeness (QED) is 0.877. The Bertz CT molecular complexity index is 843. The molecule has 3 heterocycles. The molecule has 7 nitrogen and oxygen atoms in total. The van der Waals surface area contributed by atoms with Crippen LogP contribution in [0.2, 0.25) is 0 Å². The molecule has 1 aromatic carbocycles. The summed E-state index contributed by atoms with van der Waals surface area (Å²) >= 11 is 0. The standard InChI is InChI=1S/C21H24N4O3/c26-20-14-23-10-12-25(20)17-4-2-11-24(15-17)21(27)16-3-1-5-19(13-16)28-18-6-8-22-9-7-18/h1,3,5-9,13,17,23H,2,4,10-12,14-15H2. The van der Waals surface area contributed by atoms with Crippen molar-refractivity contribution in [2.75, 3.05) is 32.7 Å². The molecule has 0 radical (unpaired) electrons. The second-order valence-corrected chi connectivity index (χ2v) is 7.12. The number of pyridine rings is 1. The SMILES string of the molecule is O=C(c1cccc(Oc2ccncc2)c1)N1CCCC(N2CCNCC2=O)C1. The Morgan fingerprint density at radius 2 is 2.00 bits per heavy atom. The van der Waals surface area contributed by atoms with Crippen molar-refractivity contribution < 1.29 is 14.3 Å². The van der Waals surface area contributed by atoms with Crippen molar-refractivity contribution in [1.82, 2.24) is 20.1 Å². The second kappa shape index (κ2) is 8.39. The summed E-state index contributed by atoms with van der Waals surface area (Å²) in [7, 11) is 0. The largest absolute Gasteiger partial charge is 0.457 e. The van der Waals surface area contributed by atoms with Crippen molar-refractivity contribution in [1.29, 1.82) is 0 Å². The summed E-state index contributed by atoms with van der Waals surface area (Å²) in [5.41, 5.74) is 0.596. The number of likely N-dealkylation sites (tertiary alicyclic amines) is 1. The Kier molecular flexibility index (Phi) is 5.53. The van der Waals surface area contributed by atoms with Gasteiger partial charge in [-0.3, -0.25) is 14.6 Å². The highest BCUT2D eigenvalue weighted by atomic mass is 16.5. The molecule has 2 fully saturated rings. The van der Waals surface area contributed by atoms with E-state index in [0.29, 0.717) is 43.2 Å². The second-order valence-electron chi connectivity index (χ2n) is 7.12. The number of aromatic nitrogens is 1. The maximum absolute atomic E-state index is 13.1. The van der Waals surface area contributed by atoms with Gasteiger partial charge >= 0.3 is 0 Å². The molecule has 1 N–H and O–H groups in total. The first-order valence-electron chi connectivity index (χ1n) is 9.68. The van der Waals surface area contributed by atoms with Gasteiger partial charge < -0.3 is 19.9 Å². The fraction of sp³-hybridized carbons (Fsp3) is 0.381. The lowest BCUT2D eigenvalue weighted by atomic mass is 10.0. The molecule has 7 heteroatoms. The Hall–Kier alpha value is -2.93. The van der Waals surface area contributed by atoms with Gasteiger partial charge in [-0.2, -0.15) is 0 Å². The lowest BCUT2D eigenvalue weighted by Gasteiger charge is -2.41. The predicted molar refractivity (Wildman–Crippen MR) is 104 cm³/mol. The van der Waals surface area contributed by atoms with Crippen LogP contribution in [0.1, 0.15) is 23.2 Å². The van der Waals surface area contributed by atoms with Crippen LogP contribution in [0.4, 0.5) is 0 Å². The van der Waals surface area contributed by atoms with Gasteiger partial charge in [0.25, 0.3) is 5.91 Å². The van der Waals surface area contributed by atoms with Crippen molar-refractivity contribution in [3.8, 4) is 11.5 Å². The Morgan fingerprint density at radius 1 is 1.14 bits per heavy atom. The van der Waals surface area contributed by atoms with E-state index in [-0.39, 0.29) is 17.9 Å². The maximum atomic E-state index is 13.1. The van der Waals surface area contributed by atoms with Crippen LogP contribution >= 0.6 is 0 Å². The highest BCUT2D eigenvalue weighted by Gasteiger charge is 2.32. The lowest BCUT2D eigenvalue weighted by Crippen LogP contribution is -2.57. The van der Waals surface area contributed by atoms with Crippen molar-refractivity contribution in [2.45, 2.75) is 18.9 Å². The number of ether oxygens (including phenoxy) is 1. The lowest BCUT2D eigenvalue weighted by molar-refractivity contribution is -0.135. The normalized spacial score (nSPS) is 20.1. The third-order valence-electron chi connectivity index (χ3n) is 5.22. The molecule has 2 amide bonds. The average molecular weight is 380 g/mol. The number of hydrogen-bond donors (Lipinski definition) is 1. The van der Waals surface area contributed by atoms with Crippen LogP contribution in [0, 0.1) is 0 Å². The van der Waals surface area contributed by atoms with Crippen LogP contribution in [0.25, 0.3) is 0 Å². The van der Waals surface area contributed by atoms with Gasteiger partial charge in [0.15, 0.2) is 0 Å². The van der Waals surface area contributed by atoms with Crippen LogP contribution in [0.3, 0.4) is 0 Å². The van der Waals surface area contributed by atoms with Gasteiger partial charge in [-0.15, -0.1) is 0 Å². The molecule has 0 bridgehead atoms. The van der Waals surface area contributed by atoms with Crippen LogP contribution in [-0.4, -0.2) is 65.4 Å². The molecule has 146 valence electrons. The van der Waals surface area contributed by atoms with E-state index in [1.807, 2.05) is 21.9 Å². The molecular weight excluding hydrogens is 356 g/mol. The molecule has 2 aliphatic rings. The number of benzene rings is 1. The van der Waals surface area contributed by atoms with Gasteiger partial charge in [0.1, 0.15) is 11.5 Å². The third-order valence-corrected chi connectivity index (χ3v) is 5.22. The van der Waals surface area contributed by atoms with E-state index in [2.05, 4.69) is 10.3 Å². The zero-order chi connectivity index (χ0) is 19.3. The van der Waals surface area contributed by atoms with E-state index < -0.39 is 0 Å². The molecule has 2 aliphatic heterocycles. The summed E-state index contributed by atoms with van der Waals surface area (Å²) < 4.78 is 5.82. The summed E-state index contributed by atoms with van der Waals surface area (Å²) in [5, 5.41) is 3.10. The number of piperazine rings is 1. The molecular formula is C21H24N4O3. The molecule has 1 aromatic heterocycles. The van der Waals surface area contributed by atoms with Gasteiger partial charge in [-0.25, -0.2) is 0 Å². The van der Waals surface area contributed by atoms with Crippen molar-refractivity contribution >= 4 is 11.8 Å².